The summed E-state index contributed by atoms with van der Waals surface area (Å²) in [6.45, 7) is 1.49. The smallest absolute Gasteiger partial charge is 0.321 e. The fourth-order valence-corrected chi connectivity index (χ4v) is 3.74. The van der Waals surface area contributed by atoms with E-state index in [0.717, 1.165) is 24.2 Å². The van der Waals surface area contributed by atoms with Crippen molar-refractivity contribution < 1.29 is 19.4 Å². The highest BCUT2D eigenvalue weighted by atomic mass is 16.5. The molecule has 170 valence electrons. The van der Waals surface area contributed by atoms with Gasteiger partial charge in [-0.2, -0.15) is 0 Å². The maximum atomic E-state index is 12.7. The van der Waals surface area contributed by atoms with Gasteiger partial charge >= 0.3 is 6.03 Å². The van der Waals surface area contributed by atoms with E-state index in [1.54, 1.807) is 11.0 Å². The Hall–Kier alpha value is -4.00. The molecule has 0 atom stereocenters. The van der Waals surface area contributed by atoms with Crippen molar-refractivity contribution in [1.29, 1.82) is 0 Å². The number of likely N-dealkylation sites (tertiary alicyclic amines) is 1. The number of urea groups is 1. The summed E-state index contributed by atoms with van der Waals surface area (Å²) in [4.78, 5) is 27.0. The van der Waals surface area contributed by atoms with Crippen LogP contribution in [0.2, 0.25) is 0 Å². The summed E-state index contributed by atoms with van der Waals surface area (Å²) in [5, 5.41) is 15.8. The van der Waals surface area contributed by atoms with Crippen molar-refractivity contribution in [2.75, 3.05) is 18.4 Å². The van der Waals surface area contributed by atoms with Gasteiger partial charge < -0.3 is 25.4 Å². The Bertz CT molecular complexity index is 1080. The van der Waals surface area contributed by atoms with Gasteiger partial charge in [0.15, 0.2) is 0 Å². The quantitative estimate of drug-likeness (QED) is 0.491. The van der Waals surface area contributed by atoms with Gasteiger partial charge in [-0.1, -0.05) is 48.5 Å². The van der Waals surface area contributed by atoms with Gasteiger partial charge in [-0.3, -0.25) is 4.79 Å². The van der Waals surface area contributed by atoms with Crippen molar-refractivity contribution >= 4 is 17.6 Å². The van der Waals surface area contributed by atoms with Gasteiger partial charge in [0.1, 0.15) is 17.6 Å². The minimum Gasteiger partial charge on any atom is -0.507 e. The number of rotatable bonds is 6. The van der Waals surface area contributed by atoms with E-state index in [4.69, 9.17) is 4.74 Å². The summed E-state index contributed by atoms with van der Waals surface area (Å²) >= 11 is 0. The van der Waals surface area contributed by atoms with Crippen LogP contribution in [0.5, 0.6) is 11.5 Å². The lowest BCUT2D eigenvalue weighted by molar-refractivity contribution is 0.0948. The summed E-state index contributed by atoms with van der Waals surface area (Å²) < 4.78 is 5.98. The number of ether oxygens (including phenoxy) is 1. The van der Waals surface area contributed by atoms with E-state index >= 15 is 0 Å². The first-order chi connectivity index (χ1) is 16.1. The Morgan fingerprint density at radius 2 is 1.61 bits per heavy atom. The van der Waals surface area contributed by atoms with E-state index in [0.29, 0.717) is 25.3 Å². The maximum absolute atomic E-state index is 12.7. The number of hydrogen-bond donors (Lipinski definition) is 3. The fourth-order valence-electron chi connectivity index (χ4n) is 3.74. The molecule has 4 rings (SSSR count). The summed E-state index contributed by atoms with van der Waals surface area (Å²) in [5.74, 6) is 0.284. The average molecular weight is 446 g/mol. The lowest BCUT2D eigenvalue weighted by Gasteiger charge is -2.32. The van der Waals surface area contributed by atoms with E-state index < -0.39 is 5.91 Å². The number of phenols is 1. The van der Waals surface area contributed by atoms with E-state index in [-0.39, 0.29) is 23.4 Å². The van der Waals surface area contributed by atoms with E-state index in [1.165, 1.54) is 12.1 Å². The van der Waals surface area contributed by atoms with Crippen LogP contribution in [0.15, 0.2) is 78.9 Å². The highest BCUT2D eigenvalue weighted by molar-refractivity contribution is 5.99. The van der Waals surface area contributed by atoms with Crippen molar-refractivity contribution in [3.05, 3.63) is 90.0 Å². The topological polar surface area (TPSA) is 90.9 Å². The number of carbonyl (C=O) groups is 2. The zero-order valence-electron chi connectivity index (χ0n) is 18.2. The Labute approximate surface area is 193 Å². The molecule has 1 aliphatic rings. The lowest BCUT2D eigenvalue weighted by Crippen LogP contribution is -2.43. The number of hydrogen-bond acceptors (Lipinski definition) is 4. The molecule has 7 heteroatoms. The molecule has 3 N–H and O–H groups in total. The maximum Gasteiger partial charge on any atom is 0.321 e. The number of benzene rings is 3. The highest BCUT2D eigenvalue weighted by Crippen LogP contribution is 2.23. The van der Waals surface area contributed by atoms with Crippen LogP contribution in [0, 0.1) is 0 Å². The minimum absolute atomic E-state index is 0.0741. The number of aromatic hydroxyl groups is 1. The van der Waals surface area contributed by atoms with Gasteiger partial charge in [-0.15, -0.1) is 0 Å². The number of para-hydroxylation sites is 1. The molecule has 0 aliphatic carbocycles. The molecule has 3 aromatic rings. The number of nitrogens with one attached hydrogen (secondary N) is 2. The van der Waals surface area contributed by atoms with Crippen molar-refractivity contribution in [2.45, 2.75) is 25.5 Å². The van der Waals surface area contributed by atoms with Crippen molar-refractivity contribution in [2.24, 2.45) is 0 Å². The molecule has 0 spiro atoms. The first-order valence-corrected chi connectivity index (χ1v) is 11.0. The molecule has 3 aromatic carbocycles. The van der Waals surface area contributed by atoms with Crippen LogP contribution < -0.4 is 15.4 Å². The second-order valence-electron chi connectivity index (χ2n) is 7.95. The molecule has 0 radical (unpaired) electrons. The first-order valence-electron chi connectivity index (χ1n) is 11.0. The van der Waals surface area contributed by atoms with Gasteiger partial charge in [0.05, 0.1) is 5.56 Å². The molecule has 1 heterocycles. The summed E-state index contributed by atoms with van der Waals surface area (Å²) in [7, 11) is 0. The third-order valence-corrected chi connectivity index (χ3v) is 5.56. The molecule has 0 saturated carbocycles. The minimum atomic E-state index is -0.411. The molecule has 1 aliphatic heterocycles. The van der Waals surface area contributed by atoms with Crippen molar-refractivity contribution in [1.82, 2.24) is 10.2 Å². The number of amides is 3. The Morgan fingerprint density at radius 3 is 2.30 bits per heavy atom. The lowest BCUT2D eigenvalue weighted by atomic mass is 10.1. The van der Waals surface area contributed by atoms with Gasteiger partial charge in [-0.25, -0.2) is 4.79 Å². The van der Waals surface area contributed by atoms with Gasteiger partial charge in [0.25, 0.3) is 5.91 Å². The first kappa shape index (κ1) is 22.2. The monoisotopic (exact) mass is 445 g/mol. The van der Waals surface area contributed by atoms with Gasteiger partial charge in [0, 0.05) is 38.2 Å². The summed E-state index contributed by atoms with van der Waals surface area (Å²) in [6.07, 6.45) is 1.56. The highest BCUT2D eigenvalue weighted by Gasteiger charge is 2.24. The molecule has 1 fully saturated rings. The second kappa shape index (κ2) is 10.5. The predicted molar refractivity (Wildman–Crippen MR) is 126 cm³/mol. The number of phenolic OH excluding ortho intramolecular Hbond substituents is 1. The van der Waals surface area contributed by atoms with Gasteiger partial charge in [-0.05, 0) is 35.9 Å². The zero-order chi connectivity index (χ0) is 23.0. The van der Waals surface area contributed by atoms with E-state index in [9.17, 15) is 14.7 Å². The largest absolute Gasteiger partial charge is 0.507 e. The van der Waals surface area contributed by atoms with Crippen LogP contribution in [0.25, 0.3) is 0 Å². The molecule has 33 heavy (non-hydrogen) atoms. The summed E-state index contributed by atoms with van der Waals surface area (Å²) in [5.41, 5.74) is 1.51. The molecular formula is C26H27N3O4. The Balaban J connectivity index is 1.30. The number of piperidine rings is 1. The van der Waals surface area contributed by atoms with Crippen molar-refractivity contribution in [3.8, 4) is 11.5 Å². The number of carbonyl (C=O) groups excluding carboxylic acids is 2. The van der Waals surface area contributed by atoms with Crippen LogP contribution in [0.3, 0.4) is 0 Å². The third-order valence-electron chi connectivity index (χ3n) is 5.56. The Morgan fingerprint density at radius 1 is 0.939 bits per heavy atom. The van der Waals surface area contributed by atoms with Crippen LogP contribution in [0.1, 0.15) is 28.8 Å². The van der Waals surface area contributed by atoms with Gasteiger partial charge in [0.2, 0.25) is 0 Å². The Kier molecular flexibility index (Phi) is 7.09. The van der Waals surface area contributed by atoms with Crippen LogP contribution in [-0.4, -0.2) is 41.1 Å². The zero-order valence-corrected chi connectivity index (χ0v) is 18.2. The molecule has 0 aromatic heterocycles. The molecule has 0 unspecified atom stereocenters. The van der Waals surface area contributed by atoms with E-state index in [2.05, 4.69) is 10.6 Å². The number of nitrogens with zero attached hydrogens (tertiary/aromatic N) is 1. The van der Waals surface area contributed by atoms with Crippen LogP contribution >= 0.6 is 0 Å². The molecule has 7 nitrogen and oxygen atoms in total. The molecule has 3 amide bonds. The summed E-state index contributed by atoms with van der Waals surface area (Å²) in [6, 6.07) is 23.4. The SMILES string of the molecule is O=C(NCc1ccccc1)c1cc(NC(=O)N2CCC(Oc3ccccc3)CC2)ccc1O. The molecular weight excluding hydrogens is 418 g/mol. The van der Waals surface area contributed by atoms with Crippen LogP contribution in [0.4, 0.5) is 10.5 Å². The predicted octanol–water partition coefficient (Wildman–Crippen LogP) is 4.40. The number of anilines is 1. The standard InChI is InChI=1S/C26H27N3O4/c30-24-12-11-20(17-23(24)25(31)27-18-19-7-3-1-4-8-19)28-26(32)29-15-13-22(14-16-29)33-21-9-5-2-6-10-21/h1-12,17,22,30H,13-16,18H2,(H,27,31)(H,28,32). The third kappa shape index (κ3) is 6.04. The van der Waals surface area contributed by atoms with E-state index in [1.807, 2.05) is 60.7 Å². The van der Waals surface area contributed by atoms with Crippen LogP contribution in [-0.2, 0) is 6.54 Å². The normalized spacial score (nSPS) is 13.9. The molecule has 1 saturated heterocycles. The average Bonchev–Trinajstić information content (AvgIpc) is 2.85. The van der Waals surface area contributed by atoms with Crippen molar-refractivity contribution in [3.63, 3.8) is 0 Å². The second-order valence-corrected chi connectivity index (χ2v) is 7.95. The molecule has 0 bridgehead atoms. The fraction of sp³-hybridized carbons (Fsp3) is 0.231.